The van der Waals surface area contributed by atoms with Crippen LogP contribution in [0.5, 0.6) is 0 Å². The number of aromatic nitrogens is 1. The van der Waals surface area contributed by atoms with E-state index in [-0.39, 0.29) is 5.91 Å². The smallest absolute Gasteiger partial charge is 0.262 e. The second kappa shape index (κ2) is 8.92. The molecule has 0 bridgehead atoms. The van der Waals surface area contributed by atoms with Crippen LogP contribution in [-0.4, -0.2) is 55.1 Å². The summed E-state index contributed by atoms with van der Waals surface area (Å²) < 4.78 is 2.15. The Morgan fingerprint density at radius 3 is 2.65 bits per heavy atom. The molecule has 31 heavy (non-hydrogen) atoms. The highest BCUT2D eigenvalue weighted by Gasteiger charge is 2.21. The molecule has 1 aliphatic heterocycles. The summed E-state index contributed by atoms with van der Waals surface area (Å²) in [6.07, 6.45) is 0. The lowest BCUT2D eigenvalue weighted by molar-refractivity contribution is 0.0952. The summed E-state index contributed by atoms with van der Waals surface area (Å²) in [5, 5.41) is 6.29. The first-order valence-corrected chi connectivity index (χ1v) is 12.5. The minimum Gasteiger partial charge on any atom is -0.350 e. The van der Waals surface area contributed by atoms with Gasteiger partial charge in [0, 0.05) is 54.4 Å². The van der Waals surface area contributed by atoms with Crippen molar-refractivity contribution < 1.29 is 4.79 Å². The van der Waals surface area contributed by atoms with Crippen molar-refractivity contribution in [3.05, 3.63) is 57.4 Å². The Hall–Kier alpha value is -1.90. The SMILES string of the molecule is O=C(NCCN1CCN(c2nc3ccc(Cl)cc3s2)CC1)c1sc2ccccc2c1Cl. The summed E-state index contributed by atoms with van der Waals surface area (Å²) in [6.45, 7) is 5.14. The quantitative estimate of drug-likeness (QED) is 0.408. The summed E-state index contributed by atoms with van der Waals surface area (Å²) in [5.41, 5.74) is 0.995. The van der Waals surface area contributed by atoms with Crippen molar-refractivity contribution in [2.75, 3.05) is 44.2 Å². The number of hydrogen-bond donors (Lipinski definition) is 1. The van der Waals surface area contributed by atoms with Crippen LogP contribution in [0.15, 0.2) is 42.5 Å². The molecule has 0 radical (unpaired) electrons. The van der Waals surface area contributed by atoms with E-state index in [1.165, 1.54) is 11.3 Å². The normalized spacial score (nSPS) is 15.1. The highest BCUT2D eigenvalue weighted by Crippen LogP contribution is 2.35. The van der Waals surface area contributed by atoms with Gasteiger partial charge in [0.25, 0.3) is 5.91 Å². The highest BCUT2D eigenvalue weighted by molar-refractivity contribution is 7.22. The van der Waals surface area contributed by atoms with Gasteiger partial charge in [0.2, 0.25) is 0 Å². The van der Waals surface area contributed by atoms with Crippen molar-refractivity contribution in [3.63, 3.8) is 0 Å². The number of nitrogens with one attached hydrogen (secondary N) is 1. The van der Waals surface area contributed by atoms with Gasteiger partial charge in [-0.2, -0.15) is 0 Å². The number of nitrogens with zero attached hydrogens (tertiary/aromatic N) is 3. The fourth-order valence-electron chi connectivity index (χ4n) is 3.75. The first-order chi connectivity index (χ1) is 15.1. The maximum absolute atomic E-state index is 12.6. The molecule has 1 amide bonds. The van der Waals surface area contributed by atoms with Gasteiger partial charge in [-0.25, -0.2) is 4.98 Å². The van der Waals surface area contributed by atoms with Crippen LogP contribution in [0, 0.1) is 0 Å². The fourth-order valence-corrected chi connectivity index (χ4v) is 6.48. The number of carbonyl (C=O) groups is 1. The molecule has 0 spiro atoms. The number of thiophene rings is 1. The van der Waals surface area contributed by atoms with E-state index < -0.39 is 0 Å². The largest absolute Gasteiger partial charge is 0.350 e. The first-order valence-electron chi connectivity index (χ1n) is 10.1. The monoisotopic (exact) mass is 490 g/mol. The molecule has 160 valence electrons. The zero-order chi connectivity index (χ0) is 21.4. The van der Waals surface area contributed by atoms with E-state index in [2.05, 4.69) is 15.1 Å². The molecule has 9 heteroatoms. The van der Waals surface area contributed by atoms with Gasteiger partial charge < -0.3 is 10.2 Å². The topological polar surface area (TPSA) is 48.5 Å². The summed E-state index contributed by atoms with van der Waals surface area (Å²) in [7, 11) is 0. The van der Waals surface area contributed by atoms with Crippen molar-refractivity contribution >= 4 is 77.2 Å². The molecule has 2 aromatic carbocycles. The van der Waals surface area contributed by atoms with E-state index >= 15 is 0 Å². The molecular weight excluding hydrogens is 471 g/mol. The predicted molar refractivity (Wildman–Crippen MR) is 132 cm³/mol. The summed E-state index contributed by atoms with van der Waals surface area (Å²) in [5.74, 6) is -0.0991. The van der Waals surface area contributed by atoms with Crippen molar-refractivity contribution in [3.8, 4) is 0 Å². The van der Waals surface area contributed by atoms with Gasteiger partial charge in [-0.1, -0.05) is 52.7 Å². The summed E-state index contributed by atoms with van der Waals surface area (Å²) in [4.78, 5) is 22.6. The second-order valence-electron chi connectivity index (χ2n) is 7.43. The minimum absolute atomic E-state index is 0.0991. The Morgan fingerprint density at radius 1 is 1.03 bits per heavy atom. The van der Waals surface area contributed by atoms with Gasteiger partial charge in [-0.15, -0.1) is 11.3 Å². The third-order valence-corrected chi connectivity index (χ3v) is 8.42. The molecule has 0 aliphatic carbocycles. The lowest BCUT2D eigenvalue weighted by Gasteiger charge is -2.34. The number of rotatable bonds is 5. The van der Waals surface area contributed by atoms with Crippen LogP contribution in [-0.2, 0) is 0 Å². The van der Waals surface area contributed by atoms with E-state index in [1.54, 1.807) is 11.3 Å². The van der Waals surface area contributed by atoms with Crippen LogP contribution in [0.1, 0.15) is 9.67 Å². The lowest BCUT2D eigenvalue weighted by atomic mass is 10.2. The Morgan fingerprint density at radius 2 is 1.84 bits per heavy atom. The molecule has 1 N–H and O–H groups in total. The Balaban J connectivity index is 1.13. The van der Waals surface area contributed by atoms with Crippen LogP contribution in [0.2, 0.25) is 10.0 Å². The molecule has 4 aromatic rings. The van der Waals surface area contributed by atoms with Crippen molar-refractivity contribution in [2.24, 2.45) is 0 Å². The molecule has 5 rings (SSSR count). The number of thiazole rings is 1. The number of piperazine rings is 1. The molecule has 0 atom stereocenters. The van der Waals surface area contributed by atoms with Crippen LogP contribution in [0.25, 0.3) is 20.3 Å². The highest BCUT2D eigenvalue weighted by atomic mass is 35.5. The Labute approximate surface area is 198 Å². The van der Waals surface area contributed by atoms with Gasteiger partial charge in [-0.3, -0.25) is 9.69 Å². The van der Waals surface area contributed by atoms with E-state index in [0.29, 0.717) is 16.4 Å². The number of halogens is 2. The standard InChI is InChI=1S/C22H20Cl2N4OS2/c23-14-5-6-16-18(13-14)31-22(26-16)28-11-9-27(10-12-28)8-7-25-21(29)20-19(24)15-3-1-2-4-17(15)30-20/h1-6,13H,7-12H2,(H,25,29). The first kappa shape index (κ1) is 21.0. The average molecular weight is 491 g/mol. The van der Waals surface area contributed by atoms with Crippen molar-refractivity contribution in [2.45, 2.75) is 0 Å². The van der Waals surface area contributed by atoms with E-state index in [4.69, 9.17) is 28.2 Å². The molecule has 2 aromatic heterocycles. The Bertz CT molecular complexity index is 1250. The lowest BCUT2D eigenvalue weighted by Crippen LogP contribution is -2.48. The number of amides is 1. The summed E-state index contributed by atoms with van der Waals surface area (Å²) >= 11 is 15.6. The van der Waals surface area contributed by atoms with Gasteiger partial charge in [0.05, 0.1) is 15.2 Å². The van der Waals surface area contributed by atoms with Crippen molar-refractivity contribution in [1.82, 2.24) is 15.2 Å². The van der Waals surface area contributed by atoms with Gasteiger partial charge in [0.15, 0.2) is 5.13 Å². The molecule has 0 saturated carbocycles. The average Bonchev–Trinajstić information content (AvgIpc) is 3.35. The number of anilines is 1. The third kappa shape index (κ3) is 4.38. The number of fused-ring (bicyclic) bond motifs is 2. The van der Waals surface area contributed by atoms with Crippen LogP contribution in [0.3, 0.4) is 0 Å². The number of hydrogen-bond acceptors (Lipinski definition) is 6. The molecule has 5 nitrogen and oxygen atoms in total. The predicted octanol–water partition coefficient (Wildman–Crippen LogP) is 5.37. The van der Waals surface area contributed by atoms with E-state index in [0.717, 1.165) is 63.2 Å². The molecule has 1 fully saturated rings. The Kier molecular flexibility index (Phi) is 6.03. The molecule has 0 unspecified atom stereocenters. The molecular formula is C22H20Cl2N4OS2. The maximum atomic E-state index is 12.6. The van der Waals surface area contributed by atoms with Crippen LogP contribution in [0.4, 0.5) is 5.13 Å². The second-order valence-corrected chi connectivity index (χ2v) is 10.3. The van der Waals surface area contributed by atoms with Gasteiger partial charge in [0.1, 0.15) is 4.88 Å². The van der Waals surface area contributed by atoms with E-state index in [9.17, 15) is 4.79 Å². The summed E-state index contributed by atoms with van der Waals surface area (Å²) in [6, 6.07) is 13.7. The zero-order valence-electron chi connectivity index (χ0n) is 16.6. The zero-order valence-corrected chi connectivity index (χ0v) is 19.8. The molecule has 1 saturated heterocycles. The van der Waals surface area contributed by atoms with Gasteiger partial charge >= 0.3 is 0 Å². The molecule has 1 aliphatic rings. The third-order valence-electron chi connectivity index (χ3n) is 5.44. The maximum Gasteiger partial charge on any atom is 0.262 e. The minimum atomic E-state index is -0.0991. The van der Waals surface area contributed by atoms with Gasteiger partial charge in [-0.05, 0) is 24.3 Å². The number of carbonyl (C=O) groups excluding carboxylic acids is 1. The molecule has 3 heterocycles. The van der Waals surface area contributed by atoms with Crippen molar-refractivity contribution in [1.29, 1.82) is 0 Å². The number of benzene rings is 2. The fraction of sp³-hybridized carbons (Fsp3) is 0.273. The van der Waals surface area contributed by atoms with Crippen LogP contribution >= 0.6 is 45.9 Å². The van der Waals surface area contributed by atoms with E-state index in [1.807, 2.05) is 42.5 Å². The van der Waals surface area contributed by atoms with Crippen LogP contribution < -0.4 is 10.2 Å².